The molecule has 0 aliphatic rings. The summed E-state index contributed by atoms with van der Waals surface area (Å²) >= 11 is 0. The van der Waals surface area contributed by atoms with E-state index in [0.717, 1.165) is 5.56 Å². The summed E-state index contributed by atoms with van der Waals surface area (Å²) in [5, 5.41) is 25.4. The van der Waals surface area contributed by atoms with E-state index in [1.807, 2.05) is 44.2 Å². The maximum Gasteiger partial charge on any atom is 0.404 e. The molecule has 2 aromatic carbocycles. The molecule has 0 spiro atoms. The number of hydrogen-bond donors (Lipinski definition) is 4. The first-order valence-corrected chi connectivity index (χ1v) is 10.9. The number of carboxylic acid groups (broad SMARTS) is 1. The van der Waals surface area contributed by atoms with Crippen LogP contribution in [0.3, 0.4) is 0 Å². The number of nitrogens with zero attached hydrogens (tertiary/aromatic N) is 2. The van der Waals surface area contributed by atoms with Gasteiger partial charge in [-0.05, 0) is 36.1 Å². The van der Waals surface area contributed by atoms with Crippen molar-refractivity contribution in [1.29, 1.82) is 0 Å². The molecule has 2 atom stereocenters. The number of benzene rings is 2. The van der Waals surface area contributed by atoms with E-state index in [-0.39, 0.29) is 18.4 Å². The molecule has 176 valence electrons. The van der Waals surface area contributed by atoms with Gasteiger partial charge in [-0.3, -0.25) is 4.79 Å². The highest BCUT2D eigenvalue weighted by atomic mass is 16.4. The van der Waals surface area contributed by atoms with E-state index in [0.29, 0.717) is 35.6 Å². The molecule has 9 nitrogen and oxygen atoms in total. The molecule has 1 aromatic heterocycles. The van der Waals surface area contributed by atoms with E-state index < -0.39 is 18.2 Å². The number of carbonyl (C=O) groups excluding carboxylic acids is 1. The zero-order chi connectivity index (χ0) is 24.0. The molecule has 1 heterocycles. The van der Waals surface area contributed by atoms with Gasteiger partial charge in [0, 0.05) is 25.7 Å². The predicted octanol–water partition coefficient (Wildman–Crippen LogP) is 3.21. The largest absolute Gasteiger partial charge is 0.465 e. The lowest BCUT2D eigenvalue weighted by Crippen LogP contribution is -2.50. The molecule has 0 bridgehead atoms. The summed E-state index contributed by atoms with van der Waals surface area (Å²) in [6.45, 7) is 4.33. The van der Waals surface area contributed by atoms with Gasteiger partial charge in [0.2, 0.25) is 0 Å². The molecule has 4 N–H and O–H groups in total. The van der Waals surface area contributed by atoms with Crippen molar-refractivity contribution in [2.24, 2.45) is 5.92 Å². The third-order valence-electron chi connectivity index (χ3n) is 5.20. The van der Waals surface area contributed by atoms with Crippen molar-refractivity contribution in [3.63, 3.8) is 0 Å². The summed E-state index contributed by atoms with van der Waals surface area (Å²) in [6.07, 6.45) is -2.03. The Kier molecular flexibility index (Phi) is 7.89. The van der Waals surface area contributed by atoms with Gasteiger partial charge in [-0.1, -0.05) is 44.2 Å². The van der Waals surface area contributed by atoms with Crippen LogP contribution in [0, 0.1) is 5.92 Å². The van der Waals surface area contributed by atoms with Crippen LogP contribution in [0.1, 0.15) is 29.8 Å². The van der Waals surface area contributed by atoms with E-state index in [1.54, 1.807) is 30.1 Å². The summed E-state index contributed by atoms with van der Waals surface area (Å²) in [5.74, 6) is -0.132. The van der Waals surface area contributed by atoms with Crippen molar-refractivity contribution in [3.8, 4) is 0 Å². The van der Waals surface area contributed by atoms with Crippen molar-refractivity contribution in [2.75, 3.05) is 25.5 Å². The molecule has 3 rings (SSSR count). The number of oxazole rings is 1. The second-order valence-electron chi connectivity index (χ2n) is 8.37. The number of fused-ring (bicyclic) bond motifs is 1. The smallest absolute Gasteiger partial charge is 0.404 e. The number of carbonyl (C=O) groups is 2. The first kappa shape index (κ1) is 24.1. The quantitative estimate of drug-likeness (QED) is 0.370. The SMILES string of the molecule is CNc1nc2ccc(C(=O)N(CC(C)C)C[C@@H](O)[C@H](Cc3ccccc3)NC(=O)O)cc2o1. The van der Waals surface area contributed by atoms with Gasteiger partial charge in [0.1, 0.15) is 5.52 Å². The predicted molar refractivity (Wildman–Crippen MR) is 125 cm³/mol. The lowest BCUT2D eigenvalue weighted by atomic mass is 10.00. The van der Waals surface area contributed by atoms with Crippen LogP contribution in [0.2, 0.25) is 0 Å². The van der Waals surface area contributed by atoms with Gasteiger partial charge in [-0.15, -0.1) is 0 Å². The molecule has 0 saturated carbocycles. The monoisotopic (exact) mass is 454 g/mol. The zero-order valence-corrected chi connectivity index (χ0v) is 19.0. The van der Waals surface area contributed by atoms with Crippen LogP contribution in [-0.4, -0.2) is 64.4 Å². The molecule has 9 heteroatoms. The Morgan fingerprint density at radius 2 is 1.85 bits per heavy atom. The molecule has 0 aliphatic carbocycles. The molecule has 0 fully saturated rings. The van der Waals surface area contributed by atoms with Gasteiger partial charge < -0.3 is 30.2 Å². The van der Waals surface area contributed by atoms with Gasteiger partial charge >= 0.3 is 6.09 Å². The minimum Gasteiger partial charge on any atom is -0.465 e. The van der Waals surface area contributed by atoms with E-state index >= 15 is 0 Å². The van der Waals surface area contributed by atoms with Gasteiger partial charge in [0.25, 0.3) is 11.9 Å². The van der Waals surface area contributed by atoms with E-state index in [2.05, 4.69) is 15.6 Å². The summed E-state index contributed by atoms with van der Waals surface area (Å²) in [6, 6.07) is 13.9. The van der Waals surface area contributed by atoms with Crippen LogP contribution < -0.4 is 10.6 Å². The minimum absolute atomic E-state index is 0.0228. The molecule has 0 aliphatic heterocycles. The number of aromatic nitrogens is 1. The Hall–Kier alpha value is -3.59. The fourth-order valence-corrected chi connectivity index (χ4v) is 3.69. The fraction of sp³-hybridized carbons (Fsp3) is 0.375. The van der Waals surface area contributed by atoms with Crippen LogP contribution in [0.5, 0.6) is 0 Å². The first-order chi connectivity index (χ1) is 15.8. The molecule has 33 heavy (non-hydrogen) atoms. The summed E-state index contributed by atoms with van der Waals surface area (Å²) in [5.41, 5.74) is 2.39. The highest BCUT2D eigenvalue weighted by molar-refractivity contribution is 5.97. The number of amides is 2. The molecule has 2 amide bonds. The van der Waals surface area contributed by atoms with Crippen molar-refractivity contribution >= 4 is 29.1 Å². The number of hydrogen-bond acceptors (Lipinski definition) is 6. The summed E-state index contributed by atoms with van der Waals surface area (Å²) in [4.78, 5) is 30.5. The van der Waals surface area contributed by atoms with Gasteiger partial charge in [-0.2, -0.15) is 4.98 Å². The standard InChI is InChI=1S/C24H30N4O5/c1-15(2)13-28(22(30)17-9-10-18-21(12-17)33-23(25-3)26-18)14-20(29)19(27-24(31)32)11-16-7-5-4-6-8-16/h4-10,12,15,19-20,27,29H,11,13-14H2,1-3H3,(H,25,26)(H,31,32)/t19-,20+/m0/s1. The molecule has 0 saturated heterocycles. The zero-order valence-electron chi connectivity index (χ0n) is 19.0. The van der Waals surface area contributed by atoms with E-state index in [4.69, 9.17) is 4.42 Å². The third-order valence-corrected chi connectivity index (χ3v) is 5.20. The molecular formula is C24H30N4O5. The number of aliphatic hydroxyl groups is 1. The molecule has 0 unspecified atom stereocenters. The lowest BCUT2D eigenvalue weighted by Gasteiger charge is -2.31. The minimum atomic E-state index is -1.23. The number of anilines is 1. The highest BCUT2D eigenvalue weighted by Crippen LogP contribution is 2.21. The number of rotatable bonds is 10. The van der Waals surface area contributed by atoms with Gasteiger partial charge in [0.05, 0.1) is 12.1 Å². The summed E-state index contributed by atoms with van der Waals surface area (Å²) < 4.78 is 5.58. The van der Waals surface area contributed by atoms with Crippen LogP contribution in [-0.2, 0) is 6.42 Å². The molecular weight excluding hydrogens is 424 g/mol. The second-order valence-corrected chi connectivity index (χ2v) is 8.37. The normalized spacial score (nSPS) is 13.0. The maximum absolute atomic E-state index is 13.3. The topological polar surface area (TPSA) is 128 Å². The Morgan fingerprint density at radius 3 is 2.48 bits per heavy atom. The van der Waals surface area contributed by atoms with Crippen molar-refractivity contribution in [3.05, 3.63) is 59.7 Å². The number of aliphatic hydroxyl groups excluding tert-OH is 1. The Balaban J connectivity index is 1.81. The van der Waals surface area contributed by atoms with Crippen LogP contribution in [0.4, 0.5) is 10.8 Å². The second kappa shape index (κ2) is 10.8. The Bertz CT molecular complexity index is 1080. The highest BCUT2D eigenvalue weighted by Gasteiger charge is 2.27. The van der Waals surface area contributed by atoms with Crippen molar-refractivity contribution in [1.82, 2.24) is 15.2 Å². The average Bonchev–Trinajstić information content (AvgIpc) is 3.20. The van der Waals surface area contributed by atoms with Crippen LogP contribution in [0.15, 0.2) is 52.9 Å². The van der Waals surface area contributed by atoms with E-state index in [1.165, 1.54) is 0 Å². The van der Waals surface area contributed by atoms with Crippen molar-refractivity contribution in [2.45, 2.75) is 32.4 Å². The Labute approximate surface area is 192 Å². The average molecular weight is 455 g/mol. The summed E-state index contributed by atoms with van der Waals surface area (Å²) in [7, 11) is 1.69. The molecule has 3 aromatic rings. The van der Waals surface area contributed by atoms with Crippen LogP contribution in [0.25, 0.3) is 11.1 Å². The maximum atomic E-state index is 13.3. The van der Waals surface area contributed by atoms with Gasteiger partial charge in [-0.25, -0.2) is 4.79 Å². The van der Waals surface area contributed by atoms with Crippen molar-refractivity contribution < 1.29 is 24.2 Å². The Morgan fingerprint density at radius 1 is 1.12 bits per heavy atom. The third kappa shape index (κ3) is 6.45. The van der Waals surface area contributed by atoms with E-state index in [9.17, 15) is 19.8 Å². The lowest BCUT2D eigenvalue weighted by molar-refractivity contribution is 0.0509. The number of nitrogens with one attached hydrogen (secondary N) is 2. The van der Waals surface area contributed by atoms with Crippen LogP contribution >= 0.6 is 0 Å². The fourth-order valence-electron chi connectivity index (χ4n) is 3.69. The van der Waals surface area contributed by atoms with Gasteiger partial charge in [0.15, 0.2) is 5.58 Å². The first-order valence-electron chi connectivity index (χ1n) is 10.9. The molecule has 0 radical (unpaired) electrons.